The van der Waals surface area contributed by atoms with E-state index in [4.69, 9.17) is 5.26 Å². The van der Waals surface area contributed by atoms with E-state index in [2.05, 4.69) is 20.4 Å². The van der Waals surface area contributed by atoms with E-state index in [9.17, 15) is 27.6 Å². The van der Waals surface area contributed by atoms with Crippen LogP contribution in [0.5, 0.6) is 0 Å². The fourth-order valence-corrected chi connectivity index (χ4v) is 6.93. The lowest BCUT2D eigenvalue weighted by molar-refractivity contribution is -0.141. The number of Topliss-reactive ketones (excluding diaryl/α,β-unsaturated/α-hetero) is 1. The van der Waals surface area contributed by atoms with Crippen LogP contribution in [0, 0.1) is 30.6 Å². The standard InChI is InChI=1S/C34H29F3N8O3/c1-17-5-7-25(34(35,36)37)39-31(17)41-32(48)24-11-33(4)12-26(33)45(24)29(47)16-43-15-23(19(3)46)22-10-21(9-18(2)30(22)43)20-6-8-28-40-27(13-38)42-44(28)14-20/h5-10,14-15,24,26H,11-12,16H2,1-4H3,(H,39,41,48)/t24-,26+,33-/m0/s1. The van der Waals surface area contributed by atoms with E-state index < -0.39 is 23.8 Å². The number of rotatable bonds is 6. The summed E-state index contributed by atoms with van der Waals surface area (Å²) in [6.45, 7) is 6.72. The lowest BCUT2D eigenvalue weighted by Crippen LogP contribution is -2.46. The summed E-state index contributed by atoms with van der Waals surface area (Å²) in [4.78, 5) is 49.7. The molecule has 2 fully saturated rings. The molecule has 7 rings (SSSR count). The molecule has 1 saturated heterocycles. The number of ketones is 1. The molecule has 1 N–H and O–H groups in total. The minimum Gasteiger partial charge on any atom is -0.337 e. The normalized spacial score (nSPS) is 20.2. The predicted octanol–water partition coefficient (Wildman–Crippen LogP) is 5.47. The summed E-state index contributed by atoms with van der Waals surface area (Å²) in [5.41, 5.74) is 2.98. The molecule has 48 heavy (non-hydrogen) atoms. The predicted molar refractivity (Wildman–Crippen MR) is 168 cm³/mol. The number of benzene rings is 1. The molecule has 0 bridgehead atoms. The van der Waals surface area contributed by atoms with Crippen molar-refractivity contribution in [2.24, 2.45) is 5.41 Å². The number of likely N-dealkylation sites (tertiary alicyclic amines) is 1. The van der Waals surface area contributed by atoms with Crippen molar-refractivity contribution >= 4 is 40.0 Å². The maximum absolute atomic E-state index is 14.0. The Bertz CT molecular complexity index is 2250. The topological polar surface area (TPSA) is 138 Å². The molecule has 5 aromatic rings. The molecule has 1 aliphatic heterocycles. The lowest BCUT2D eigenvalue weighted by atomic mass is 9.99. The zero-order valence-electron chi connectivity index (χ0n) is 26.4. The highest BCUT2D eigenvalue weighted by molar-refractivity contribution is 6.09. The maximum Gasteiger partial charge on any atom is 0.433 e. The van der Waals surface area contributed by atoms with Crippen LogP contribution in [-0.4, -0.2) is 58.7 Å². The fraction of sp³-hybridized carbons (Fsp3) is 0.324. The van der Waals surface area contributed by atoms with Gasteiger partial charge in [-0.1, -0.05) is 13.0 Å². The van der Waals surface area contributed by atoms with Crippen LogP contribution in [0.25, 0.3) is 27.7 Å². The van der Waals surface area contributed by atoms with Crippen LogP contribution in [-0.2, 0) is 22.3 Å². The third kappa shape index (κ3) is 5.15. The number of nitrogens with zero attached hydrogens (tertiary/aromatic N) is 7. The molecule has 14 heteroatoms. The molecule has 1 saturated carbocycles. The number of aromatic nitrogens is 5. The number of alkyl halides is 3. The molecular weight excluding hydrogens is 625 g/mol. The first-order valence-electron chi connectivity index (χ1n) is 15.2. The van der Waals surface area contributed by atoms with Crippen LogP contribution >= 0.6 is 0 Å². The molecule has 0 spiro atoms. The van der Waals surface area contributed by atoms with Crippen LogP contribution in [0.1, 0.15) is 59.7 Å². The largest absolute Gasteiger partial charge is 0.433 e. The van der Waals surface area contributed by atoms with E-state index in [1.54, 1.807) is 34.9 Å². The van der Waals surface area contributed by atoms with Gasteiger partial charge in [0.2, 0.25) is 11.8 Å². The van der Waals surface area contributed by atoms with E-state index in [1.807, 2.05) is 38.1 Å². The summed E-state index contributed by atoms with van der Waals surface area (Å²) in [6, 6.07) is 10.3. The van der Waals surface area contributed by atoms with E-state index in [-0.39, 0.29) is 41.3 Å². The molecule has 4 aromatic heterocycles. The third-order valence-electron chi connectivity index (χ3n) is 9.47. The number of nitriles is 1. The average molecular weight is 655 g/mol. The van der Waals surface area contributed by atoms with Gasteiger partial charge in [-0.2, -0.15) is 23.4 Å². The minimum atomic E-state index is -4.68. The molecule has 1 aliphatic carbocycles. The number of hydrogen-bond donors (Lipinski definition) is 1. The molecule has 11 nitrogen and oxygen atoms in total. The highest BCUT2D eigenvalue weighted by Crippen LogP contribution is 2.59. The third-order valence-corrected chi connectivity index (χ3v) is 9.47. The summed E-state index contributed by atoms with van der Waals surface area (Å²) >= 11 is 0. The van der Waals surface area contributed by atoms with Crippen molar-refractivity contribution in [1.29, 1.82) is 5.26 Å². The Morgan fingerprint density at radius 1 is 1.04 bits per heavy atom. The Morgan fingerprint density at radius 3 is 2.52 bits per heavy atom. The van der Waals surface area contributed by atoms with Gasteiger partial charge in [0.05, 0.1) is 5.52 Å². The summed E-state index contributed by atoms with van der Waals surface area (Å²) in [5, 5.41) is 16.5. The van der Waals surface area contributed by atoms with Gasteiger partial charge in [-0.25, -0.2) is 9.50 Å². The van der Waals surface area contributed by atoms with E-state index >= 15 is 0 Å². The average Bonchev–Trinajstić information content (AvgIpc) is 3.32. The van der Waals surface area contributed by atoms with Crippen LogP contribution in [0.15, 0.2) is 48.8 Å². The van der Waals surface area contributed by atoms with Gasteiger partial charge in [0.15, 0.2) is 11.4 Å². The SMILES string of the molecule is CC(=O)c1cn(CC(=O)N2[C@H](C(=O)Nc3nc(C(F)(F)F)ccc3C)C[C@@]3(C)C[C@@H]23)c2c(C)cc(-c3ccc4nc(C#N)nn4c3)cc12. The second-order valence-corrected chi connectivity index (χ2v) is 12.9. The number of anilines is 1. The first-order valence-corrected chi connectivity index (χ1v) is 15.2. The molecule has 2 aliphatic rings. The number of halogens is 3. The van der Waals surface area contributed by atoms with Crippen molar-refractivity contribution < 1.29 is 27.6 Å². The van der Waals surface area contributed by atoms with Crippen LogP contribution in [0.4, 0.5) is 19.0 Å². The Kier molecular flexibility index (Phi) is 6.94. The van der Waals surface area contributed by atoms with Gasteiger partial charge in [0.1, 0.15) is 30.2 Å². The fourth-order valence-electron chi connectivity index (χ4n) is 6.93. The summed E-state index contributed by atoms with van der Waals surface area (Å²) < 4.78 is 43.2. The van der Waals surface area contributed by atoms with E-state index in [0.717, 1.165) is 22.8 Å². The van der Waals surface area contributed by atoms with Crippen molar-refractivity contribution in [3.8, 4) is 17.2 Å². The molecule has 0 unspecified atom stereocenters. The highest BCUT2D eigenvalue weighted by atomic mass is 19.4. The zero-order valence-corrected chi connectivity index (χ0v) is 26.4. The second-order valence-electron chi connectivity index (χ2n) is 12.9. The number of nitrogens with one attached hydrogen (secondary N) is 1. The minimum absolute atomic E-state index is 0.0473. The Morgan fingerprint density at radius 2 is 1.81 bits per heavy atom. The number of aryl methyl sites for hydroxylation is 2. The highest BCUT2D eigenvalue weighted by Gasteiger charge is 2.64. The Balaban J connectivity index is 1.19. The number of pyridine rings is 2. The van der Waals surface area contributed by atoms with Gasteiger partial charge >= 0.3 is 6.18 Å². The number of fused-ring (bicyclic) bond motifs is 3. The van der Waals surface area contributed by atoms with Crippen LogP contribution in [0.3, 0.4) is 0 Å². The van der Waals surface area contributed by atoms with Crippen molar-refractivity contribution in [2.45, 2.75) is 65.3 Å². The summed E-state index contributed by atoms with van der Waals surface area (Å²) in [7, 11) is 0. The number of piperidine rings is 1. The number of amides is 2. The van der Waals surface area contributed by atoms with Gasteiger partial charge in [0.25, 0.3) is 5.82 Å². The van der Waals surface area contributed by atoms with Gasteiger partial charge in [-0.15, -0.1) is 5.10 Å². The molecule has 3 atom stereocenters. The van der Waals surface area contributed by atoms with Gasteiger partial charge in [0, 0.05) is 34.9 Å². The summed E-state index contributed by atoms with van der Waals surface area (Å²) in [5.74, 6) is -1.28. The van der Waals surface area contributed by atoms with Crippen LogP contribution < -0.4 is 5.32 Å². The van der Waals surface area contributed by atoms with Crippen LogP contribution in [0.2, 0.25) is 0 Å². The van der Waals surface area contributed by atoms with E-state index in [0.29, 0.717) is 40.5 Å². The lowest BCUT2D eigenvalue weighted by Gasteiger charge is -2.27. The molecule has 2 amide bonds. The van der Waals surface area contributed by atoms with Gasteiger partial charge < -0.3 is 14.8 Å². The zero-order chi connectivity index (χ0) is 34.3. The van der Waals surface area contributed by atoms with Gasteiger partial charge in [-0.05, 0) is 86.1 Å². The molecular formula is C34H29F3N8O3. The second kappa shape index (κ2) is 10.7. The van der Waals surface area contributed by atoms with Crippen molar-refractivity contribution in [1.82, 2.24) is 29.0 Å². The first-order chi connectivity index (χ1) is 22.7. The van der Waals surface area contributed by atoms with Gasteiger partial charge in [-0.3, -0.25) is 14.4 Å². The molecule has 0 radical (unpaired) electrons. The molecule has 5 heterocycles. The summed E-state index contributed by atoms with van der Waals surface area (Å²) in [6.07, 6.45) is -0.203. The van der Waals surface area contributed by atoms with Crippen molar-refractivity contribution in [3.63, 3.8) is 0 Å². The number of carbonyl (C=O) groups is 3. The Labute approximate surface area is 272 Å². The van der Waals surface area contributed by atoms with Crippen molar-refractivity contribution in [3.05, 3.63) is 77.0 Å². The number of carbonyl (C=O) groups excluding carboxylic acids is 3. The monoisotopic (exact) mass is 654 g/mol. The van der Waals surface area contributed by atoms with Crippen molar-refractivity contribution in [2.75, 3.05) is 5.32 Å². The number of hydrogen-bond acceptors (Lipinski definition) is 7. The molecule has 244 valence electrons. The van der Waals surface area contributed by atoms with E-state index in [1.165, 1.54) is 17.5 Å². The maximum atomic E-state index is 14.0. The quantitative estimate of drug-likeness (QED) is 0.240. The smallest absolute Gasteiger partial charge is 0.337 e. The Hall–Kier alpha value is -5.58. The first kappa shape index (κ1) is 31.0. The molecule has 1 aromatic carbocycles.